The number of nitrogens with one attached hydrogen (secondary N) is 1. The van der Waals surface area contributed by atoms with Gasteiger partial charge in [-0.1, -0.05) is 26.0 Å². The minimum Gasteiger partial charge on any atom is -0.315 e. The molecule has 0 radical (unpaired) electrons. The summed E-state index contributed by atoms with van der Waals surface area (Å²) < 4.78 is 13.0. The Hall–Kier alpha value is -0.930. The molecule has 1 atom stereocenters. The van der Waals surface area contributed by atoms with Crippen LogP contribution in [0.1, 0.15) is 31.9 Å². The third-order valence-electron chi connectivity index (χ3n) is 3.61. The first-order valence-corrected chi connectivity index (χ1v) is 6.88. The molecule has 1 unspecified atom stereocenters. The number of hydrogen-bond acceptors (Lipinski definition) is 2. The first-order chi connectivity index (χ1) is 8.68. The van der Waals surface area contributed by atoms with E-state index in [1.807, 2.05) is 12.1 Å². The maximum absolute atomic E-state index is 13.0. The van der Waals surface area contributed by atoms with E-state index in [0.717, 1.165) is 26.2 Å². The van der Waals surface area contributed by atoms with Gasteiger partial charge in [0.1, 0.15) is 5.82 Å². The molecule has 3 heteroatoms. The van der Waals surface area contributed by atoms with Crippen LogP contribution in [0.25, 0.3) is 0 Å². The molecule has 0 aliphatic carbocycles. The Morgan fingerprint density at radius 1 is 1.11 bits per heavy atom. The van der Waals surface area contributed by atoms with Crippen molar-refractivity contribution in [1.29, 1.82) is 0 Å². The van der Waals surface area contributed by atoms with Crippen molar-refractivity contribution in [1.82, 2.24) is 10.2 Å². The van der Waals surface area contributed by atoms with Crippen LogP contribution in [-0.2, 0) is 0 Å². The molecule has 1 aliphatic rings. The lowest BCUT2D eigenvalue weighted by Crippen LogP contribution is -2.35. The van der Waals surface area contributed by atoms with Gasteiger partial charge < -0.3 is 5.32 Å². The molecule has 0 spiro atoms. The van der Waals surface area contributed by atoms with E-state index in [1.165, 1.54) is 12.0 Å². The van der Waals surface area contributed by atoms with Gasteiger partial charge in [-0.15, -0.1) is 0 Å². The molecule has 2 rings (SSSR count). The fraction of sp³-hybridized carbons (Fsp3) is 0.600. The smallest absolute Gasteiger partial charge is 0.123 e. The second kappa shape index (κ2) is 6.30. The molecule has 100 valence electrons. The zero-order valence-electron chi connectivity index (χ0n) is 11.3. The molecule has 1 N–H and O–H groups in total. The predicted molar refractivity (Wildman–Crippen MR) is 73.0 cm³/mol. The van der Waals surface area contributed by atoms with Crippen LogP contribution in [0.5, 0.6) is 0 Å². The summed E-state index contributed by atoms with van der Waals surface area (Å²) in [6, 6.07) is 7.39. The number of halogens is 1. The summed E-state index contributed by atoms with van der Waals surface area (Å²) in [5, 5.41) is 3.43. The first-order valence-electron chi connectivity index (χ1n) is 6.88. The van der Waals surface area contributed by atoms with E-state index < -0.39 is 0 Å². The molecule has 1 aliphatic heterocycles. The third kappa shape index (κ3) is 3.30. The molecule has 1 heterocycles. The van der Waals surface area contributed by atoms with Crippen molar-refractivity contribution < 1.29 is 4.39 Å². The monoisotopic (exact) mass is 250 g/mol. The Labute approximate surface area is 109 Å². The van der Waals surface area contributed by atoms with E-state index in [-0.39, 0.29) is 5.82 Å². The van der Waals surface area contributed by atoms with Gasteiger partial charge in [-0.3, -0.25) is 4.90 Å². The lowest BCUT2D eigenvalue weighted by atomic mass is 9.94. The second-order valence-electron chi connectivity index (χ2n) is 5.38. The lowest BCUT2D eigenvalue weighted by Gasteiger charge is -2.33. The fourth-order valence-electron chi connectivity index (χ4n) is 2.82. The average Bonchev–Trinajstić information content (AvgIpc) is 2.60. The summed E-state index contributed by atoms with van der Waals surface area (Å²) in [5.41, 5.74) is 1.23. The summed E-state index contributed by atoms with van der Waals surface area (Å²) >= 11 is 0. The first kappa shape index (κ1) is 13.5. The van der Waals surface area contributed by atoms with Crippen LogP contribution in [0.2, 0.25) is 0 Å². The van der Waals surface area contributed by atoms with Crippen LogP contribution in [0.4, 0.5) is 4.39 Å². The third-order valence-corrected chi connectivity index (χ3v) is 3.61. The van der Waals surface area contributed by atoms with E-state index >= 15 is 0 Å². The largest absolute Gasteiger partial charge is 0.315 e. The van der Waals surface area contributed by atoms with Gasteiger partial charge in [-0.05, 0) is 36.6 Å². The van der Waals surface area contributed by atoms with Crippen molar-refractivity contribution in [3.05, 3.63) is 35.6 Å². The van der Waals surface area contributed by atoms with Crippen LogP contribution >= 0.6 is 0 Å². The summed E-state index contributed by atoms with van der Waals surface area (Å²) in [7, 11) is 0. The molecule has 18 heavy (non-hydrogen) atoms. The van der Waals surface area contributed by atoms with Crippen molar-refractivity contribution >= 4 is 0 Å². The van der Waals surface area contributed by atoms with Crippen molar-refractivity contribution in [3.8, 4) is 0 Å². The number of hydrogen-bond donors (Lipinski definition) is 1. The van der Waals surface area contributed by atoms with E-state index in [9.17, 15) is 4.39 Å². The average molecular weight is 250 g/mol. The molecule has 0 bridgehead atoms. The fourth-order valence-corrected chi connectivity index (χ4v) is 2.82. The van der Waals surface area contributed by atoms with Crippen LogP contribution in [-0.4, -0.2) is 31.1 Å². The zero-order valence-corrected chi connectivity index (χ0v) is 11.3. The molecule has 0 aromatic heterocycles. The highest BCUT2D eigenvalue weighted by Gasteiger charge is 2.24. The maximum Gasteiger partial charge on any atom is 0.123 e. The molecule has 1 saturated heterocycles. The molecular weight excluding hydrogens is 227 g/mol. The van der Waals surface area contributed by atoms with Gasteiger partial charge >= 0.3 is 0 Å². The van der Waals surface area contributed by atoms with Gasteiger partial charge in [0.15, 0.2) is 0 Å². The molecule has 0 saturated carbocycles. The molecular formula is C15H23FN2. The highest BCUT2D eigenvalue weighted by atomic mass is 19.1. The van der Waals surface area contributed by atoms with Crippen molar-refractivity contribution in [2.24, 2.45) is 5.92 Å². The summed E-state index contributed by atoms with van der Waals surface area (Å²) in [6.45, 7) is 8.82. The Bertz CT molecular complexity index is 353. The summed E-state index contributed by atoms with van der Waals surface area (Å²) in [4.78, 5) is 2.53. The van der Waals surface area contributed by atoms with Crippen molar-refractivity contribution in [2.45, 2.75) is 26.3 Å². The van der Waals surface area contributed by atoms with Crippen LogP contribution < -0.4 is 5.32 Å². The summed E-state index contributed by atoms with van der Waals surface area (Å²) in [5.74, 6) is 0.382. The molecule has 0 amide bonds. The van der Waals surface area contributed by atoms with Crippen LogP contribution in [0.15, 0.2) is 24.3 Å². The number of rotatable bonds is 3. The van der Waals surface area contributed by atoms with Crippen molar-refractivity contribution in [2.75, 3.05) is 26.2 Å². The van der Waals surface area contributed by atoms with Gasteiger partial charge in [0.25, 0.3) is 0 Å². The number of benzene rings is 1. The van der Waals surface area contributed by atoms with Gasteiger partial charge in [-0.2, -0.15) is 0 Å². The zero-order chi connectivity index (χ0) is 13.0. The quantitative estimate of drug-likeness (QED) is 0.887. The van der Waals surface area contributed by atoms with E-state index in [1.54, 1.807) is 12.1 Å². The SMILES string of the molecule is CC(C)C(c1ccc(F)cc1)N1CCCNCC1. The van der Waals surface area contributed by atoms with E-state index in [2.05, 4.69) is 24.1 Å². The van der Waals surface area contributed by atoms with E-state index in [4.69, 9.17) is 0 Å². The van der Waals surface area contributed by atoms with Gasteiger partial charge in [0, 0.05) is 25.7 Å². The van der Waals surface area contributed by atoms with E-state index in [0.29, 0.717) is 12.0 Å². The van der Waals surface area contributed by atoms with Crippen molar-refractivity contribution in [3.63, 3.8) is 0 Å². The standard InChI is InChI=1S/C15H23FN2/c1-12(2)15(13-4-6-14(16)7-5-13)18-10-3-8-17-9-11-18/h4-7,12,15,17H,3,8-11H2,1-2H3. The lowest BCUT2D eigenvalue weighted by molar-refractivity contribution is 0.165. The predicted octanol–water partition coefficient (Wildman–Crippen LogP) is 2.82. The second-order valence-corrected chi connectivity index (χ2v) is 5.38. The Morgan fingerprint density at radius 2 is 1.83 bits per heavy atom. The number of nitrogens with zero attached hydrogens (tertiary/aromatic N) is 1. The highest BCUT2D eigenvalue weighted by molar-refractivity contribution is 5.20. The normalized spacial score (nSPS) is 19.8. The van der Waals surface area contributed by atoms with Gasteiger partial charge in [0.2, 0.25) is 0 Å². The Morgan fingerprint density at radius 3 is 2.50 bits per heavy atom. The Kier molecular flexibility index (Phi) is 4.72. The van der Waals surface area contributed by atoms with Crippen LogP contribution in [0, 0.1) is 11.7 Å². The molecule has 1 aromatic carbocycles. The Balaban J connectivity index is 2.18. The molecule has 1 aromatic rings. The van der Waals surface area contributed by atoms with Crippen LogP contribution in [0.3, 0.4) is 0 Å². The van der Waals surface area contributed by atoms with Gasteiger partial charge in [0.05, 0.1) is 0 Å². The summed E-state index contributed by atoms with van der Waals surface area (Å²) in [6.07, 6.45) is 1.18. The minimum atomic E-state index is -0.154. The highest BCUT2D eigenvalue weighted by Crippen LogP contribution is 2.29. The minimum absolute atomic E-state index is 0.154. The molecule has 1 fully saturated rings. The van der Waals surface area contributed by atoms with Gasteiger partial charge in [-0.25, -0.2) is 4.39 Å². The molecule has 2 nitrogen and oxygen atoms in total. The maximum atomic E-state index is 13.0. The topological polar surface area (TPSA) is 15.3 Å².